The molecule has 0 radical (unpaired) electrons. The number of ether oxygens (including phenoxy) is 2. The number of aromatic nitrogens is 2. The molecule has 0 spiro atoms. The zero-order valence-electron chi connectivity index (χ0n) is 18.7. The summed E-state index contributed by atoms with van der Waals surface area (Å²) in [5, 5.41) is 16.1. The van der Waals surface area contributed by atoms with Gasteiger partial charge in [0.15, 0.2) is 0 Å². The predicted octanol–water partition coefficient (Wildman–Crippen LogP) is 3.79. The molecule has 1 aromatic heterocycles. The Bertz CT molecular complexity index is 1130. The smallest absolute Gasteiger partial charge is 0.228 e. The second-order valence-electron chi connectivity index (χ2n) is 7.54. The number of hydrogen-bond donors (Lipinski definition) is 3. The van der Waals surface area contributed by atoms with E-state index >= 15 is 0 Å². The molecule has 33 heavy (non-hydrogen) atoms. The third-order valence-electron chi connectivity index (χ3n) is 5.01. The summed E-state index contributed by atoms with van der Waals surface area (Å²) in [6.07, 6.45) is 0. The summed E-state index contributed by atoms with van der Waals surface area (Å²) in [6, 6.07) is 14.2. The minimum atomic E-state index is -0.159. The summed E-state index contributed by atoms with van der Waals surface area (Å²) in [7, 11) is 0. The Morgan fingerprint density at radius 3 is 2.70 bits per heavy atom. The molecule has 2 aromatic carbocycles. The number of anilines is 4. The van der Waals surface area contributed by atoms with Crippen LogP contribution in [0.5, 0.6) is 11.5 Å². The van der Waals surface area contributed by atoms with E-state index in [0.29, 0.717) is 67.5 Å². The van der Waals surface area contributed by atoms with Gasteiger partial charge in [-0.25, -0.2) is 4.98 Å². The molecule has 9 nitrogen and oxygen atoms in total. The molecule has 2 heterocycles. The summed E-state index contributed by atoms with van der Waals surface area (Å²) in [6.45, 7) is 6.45. The molecular formula is C24H27N5O4. The summed E-state index contributed by atoms with van der Waals surface area (Å²) < 4.78 is 11.2. The highest BCUT2D eigenvalue weighted by atomic mass is 16.5. The first-order valence-corrected chi connectivity index (χ1v) is 10.8. The van der Waals surface area contributed by atoms with Crippen LogP contribution in [0, 0.1) is 0 Å². The molecule has 0 atom stereocenters. The van der Waals surface area contributed by atoms with Crippen molar-refractivity contribution in [1.82, 2.24) is 9.97 Å². The van der Waals surface area contributed by atoms with Gasteiger partial charge in [-0.2, -0.15) is 4.98 Å². The van der Waals surface area contributed by atoms with E-state index in [1.165, 1.54) is 6.92 Å². The first-order valence-electron chi connectivity index (χ1n) is 10.8. The number of phenols is 1. The lowest BCUT2D eigenvalue weighted by atomic mass is 10.1. The van der Waals surface area contributed by atoms with Gasteiger partial charge in [0.25, 0.3) is 0 Å². The van der Waals surface area contributed by atoms with E-state index in [1.54, 1.807) is 36.4 Å². The number of phenolic OH excluding ortho intramolecular Hbond substituents is 1. The standard InChI is InChI=1S/C24H27N5O4/c1-3-33-22-8-7-18(25-16(2)30)14-21(22)26-23-15-20(17-5-4-6-19(31)13-17)27-24(28-23)29-9-11-32-12-10-29/h4-8,13-15,31H,3,9-12H2,1-2H3,(H,25,30)(H,26,27,28). The van der Waals surface area contributed by atoms with Crippen LogP contribution in [0.15, 0.2) is 48.5 Å². The van der Waals surface area contributed by atoms with Gasteiger partial charge in [-0.05, 0) is 37.3 Å². The molecular weight excluding hydrogens is 422 g/mol. The Balaban J connectivity index is 1.74. The third-order valence-corrected chi connectivity index (χ3v) is 5.01. The van der Waals surface area contributed by atoms with Crippen molar-refractivity contribution in [2.45, 2.75) is 13.8 Å². The quantitative estimate of drug-likeness (QED) is 0.500. The Kier molecular flexibility index (Phi) is 6.89. The number of hydrogen-bond acceptors (Lipinski definition) is 8. The largest absolute Gasteiger partial charge is 0.508 e. The lowest BCUT2D eigenvalue weighted by Crippen LogP contribution is -2.37. The number of amides is 1. The molecule has 172 valence electrons. The van der Waals surface area contributed by atoms with E-state index in [-0.39, 0.29) is 11.7 Å². The summed E-state index contributed by atoms with van der Waals surface area (Å²) in [5.41, 5.74) is 2.74. The van der Waals surface area contributed by atoms with Gasteiger partial charge in [0, 0.05) is 37.3 Å². The van der Waals surface area contributed by atoms with Gasteiger partial charge in [0.2, 0.25) is 11.9 Å². The molecule has 1 saturated heterocycles. The molecule has 1 amide bonds. The molecule has 4 rings (SSSR count). The van der Waals surface area contributed by atoms with Crippen LogP contribution < -0.4 is 20.3 Å². The molecule has 3 N–H and O–H groups in total. The van der Waals surface area contributed by atoms with Crippen molar-refractivity contribution < 1.29 is 19.4 Å². The highest BCUT2D eigenvalue weighted by molar-refractivity contribution is 5.90. The van der Waals surface area contributed by atoms with Crippen LogP contribution >= 0.6 is 0 Å². The van der Waals surface area contributed by atoms with Gasteiger partial charge in [0.1, 0.15) is 17.3 Å². The lowest BCUT2D eigenvalue weighted by molar-refractivity contribution is -0.114. The molecule has 9 heteroatoms. The highest BCUT2D eigenvalue weighted by Crippen LogP contribution is 2.33. The molecule has 0 unspecified atom stereocenters. The van der Waals surface area contributed by atoms with E-state index in [0.717, 1.165) is 5.56 Å². The van der Waals surface area contributed by atoms with Gasteiger partial charge < -0.3 is 30.1 Å². The third kappa shape index (κ3) is 5.69. The molecule has 1 aliphatic heterocycles. The van der Waals surface area contributed by atoms with E-state index in [2.05, 4.69) is 15.5 Å². The number of benzene rings is 2. The Labute approximate surface area is 192 Å². The number of carbonyl (C=O) groups is 1. The van der Waals surface area contributed by atoms with Crippen LogP contribution in [0.3, 0.4) is 0 Å². The monoisotopic (exact) mass is 449 g/mol. The summed E-state index contributed by atoms with van der Waals surface area (Å²) >= 11 is 0. The summed E-state index contributed by atoms with van der Waals surface area (Å²) in [5.74, 6) is 1.77. The second kappa shape index (κ2) is 10.2. The van der Waals surface area contributed by atoms with Gasteiger partial charge >= 0.3 is 0 Å². The Morgan fingerprint density at radius 1 is 1.15 bits per heavy atom. The van der Waals surface area contributed by atoms with Gasteiger partial charge in [-0.15, -0.1) is 0 Å². The number of rotatable bonds is 7. The van der Waals surface area contributed by atoms with Crippen molar-refractivity contribution in [2.75, 3.05) is 48.4 Å². The Morgan fingerprint density at radius 2 is 1.97 bits per heavy atom. The maximum Gasteiger partial charge on any atom is 0.228 e. The van der Waals surface area contributed by atoms with E-state index < -0.39 is 0 Å². The summed E-state index contributed by atoms with van der Waals surface area (Å²) in [4.78, 5) is 23.1. The van der Waals surface area contributed by atoms with E-state index in [9.17, 15) is 9.90 Å². The number of carbonyl (C=O) groups excluding carboxylic acids is 1. The minimum absolute atomic E-state index is 0.159. The molecule has 3 aromatic rings. The normalized spacial score (nSPS) is 13.5. The fraction of sp³-hybridized carbons (Fsp3) is 0.292. The number of nitrogens with one attached hydrogen (secondary N) is 2. The van der Waals surface area contributed by atoms with Crippen molar-refractivity contribution in [2.24, 2.45) is 0 Å². The lowest BCUT2D eigenvalue weighted by Gasteiger charge is -2.27. The average molecular weight is 450 g/mol. The van der Waals surface area contributed by atoms with Crippen molar-refractivity contribution in [1.29, 1.82) is 0 Å². The van der Waals surface area contributed by atoms with Crippen LogP contribution in [0.4, 0.5) is 23.1 Å². The highest BCUT2D eigenvalue weighted by Gasteiger charge is 2.17. The fourth-order valence-electron chi connectivity index (χ4n) is 3.54. The number of nitrogens with zero attached hydrogens (tertiary/aromatic N) is 3. The maximum atomic E-state index is 11.5. The van der Waals surface area contributed by atoms with Crippen LogP contribution in [-0.4, -0.2) is 53.9 Å². The topological polar surface area (TPSA) is 109 Å². The van der Waals surface area contributed by atoms with Crippen molar-refractivity contribution in [3.8, 4) is 22.8 Å². The fourth-order valence-corrected chi connectivity index (χ4v) is 3.54. The van der Waals surface area contributed by atoms with Gasteiger partial charge in [0.05, 0.1) is 31.2 Å². The zero-order chi connectivity index (χ0) is 23.2. The zero-order valence-corrected chi connectivity index (χ0v) is 18.7. The van der Waals surface area contributed by atoms with E-state index in [1.807, 2.05) is 19.1 Å². The molecule has 0 aliphatic carbocycles. The van der Waals surface area contributed by atoms with Crippen LogP contribution in [-0.2, 0) is 9.53 Å². The van der Waals surface area contributed by atoms with E-state index in [4.69, 9.17) is 19.4 Å². The van der Waals surface area contributed by atoms with Crippen LogP contribution in [0.25, 0.3) is 11.3 Å². The van der Waals surface area contributed by atoms with Crippen molar-refractivity contribution in [3.05, 3.63) is 48.5 Å². The number of aromatic hydroxyl groups is 1. The maximum absolute atomic E-state index is 11.5. The second-order valence-corrected chi connectivity index (χ2v) is 7.54. The van der Waals surface area contributed by atoms with Crippen molar-refractivity contribution in [3.63, 3.8) is 0 Å². The Hall–Kier alpha value is -3.85. The first-order chi connectivity index (χ1) is 16.0. The van der Waals surface area contributed by atoms with Crippen LogP contribution in [0.2, 0.25) is 0 Å². The van der Waals surface area contributed by atoms with Gasteiger partial charge in [-0.1, -0.05) is 12.1 Å². The van der Waals surface area contributed by atoms with Gasteiger partial charge in [-0.3, -0.25) is 4.79 Å². The van der Waals surface area contributed by atoms with Crippen LogP contribution in [0.1, 0.15) is 13.8 Å². The first kappa shape index (κ1) is 22.3. The van der Waals surface area contributed by atoms with Crippen molar-refractivity contribution >= 4 is 29.0 Å². The molecule has 1 fully saturated rings. The molecule has 1 aliphatic rings. The molecule has 0 saturated carbocycles. The number of morpholine rings is 1. The average Bonchev–Trinajstić information content (AvgIpc) is 2.81. The minimum Gasteiger partial charge on any atom is -0.508 e. The molecule has 0 bridgehead atoms. The predicted molar refractivity (Wildman–Crippen MR) is 127 cm³/mol. The SMILES string of the molecule is CCOc1ccc(NC(C)=O)cc1Nc1cc(-c2cccc(O)c2)nc(N2CCOCC2)n1.